The van der Waals surface area contributed by atoms with Gasteiger partial charge >= 0.3 is 5.97 Å². The number of amides is 2. The van der Waals surface area contributed by atoms with Crippen molar-refractivity contribution in [2.45, 2.75) is 25.0 Å². The van der Waals surface area contributed by atoms with Crippen molar-refractivity contribution < 1.29 is 23.5 Å². The van der Waals surface area contributed by atoms with E-state index < -0.39 is 17.4 Å². The maximum Gasteiger partial charge on any atom is 0.339 e. The number of hydrogen-bond acceptors (Lipinski definition) is 5. The van der Waals surface area contributed by atoms with Gasteiger partial charge in [0.15, 0.2) is 0 Å². The first-order chi connectivity index (χ1) is 17.7. The second-order valence-electron chi connectivity index (χ2n) is 9.85. The van der Waals surface area contributed by atoms with Crippen LogP contribution in [0.5, 0.6) is 0 Å². The summed E-state index contributed by atoms with van der Waals surface area (Å²) in [6, 6.07) is 9.41. The van der Waals surface area contributed by atoms with Crippen molar-refractivity contribution in [1.82, 2.24) is 19.7 Å². The number of fused-ring (bicyclic) bond motifs is 3. The maximum absolute atomic E-state index is 13.7. The summed E-state index contributed by atoms with van der Waals surface area (Å²) in [5.41, 5.74) is 1.27. The Bertz CT molecular complexity index is 1390. The van der Waals surface area contributed by atoms with Crippen molar-refractivity contribution in [3.05, 3.63) is 70.1 Å². The van der Waals surface area contributed by atoms with Crippen molar-refractivity contribution in [2.75, 3.05) is 40.3 Å². The molecule has 1 fully saturated rings. The standard InChI is InChI=1S/C27H28ClFN4O4/c1-31(2)12-9-30-24(34)16-33-15-21(19-5-3-17(28)13-23(19)33)25(35)32-10-7-27(8-11-32)22-6-4-18(29)14-20(22)26(36)37-27/h3-6,13-15H,7-12,16H2,1-2H3,(H,30,34). The molecule has 0 saturated carbocycles. The number of hydrogen-bond donors (Lipinski definition) is 1. The highest BCUT2D eigenvalue weighted by atomic mass is 35.5. The second-order valence-corrected chi connectivity index (χ2v) is 10.3. The van der Waals surface area contributed by atoms with Gasteiger partial charge in [0.25, 0.3) is 5.91 Å². The molecule has 1 spiro atoms. The molecule has 0 radical (unpaired) electrons. The molecule has 5 rings (SSSR count). The largest absolute Gasteiger partial charge is 0.450 e. The highest BCUT2D eigenvalue weighted by molar-refractivity contribution is 6.31. The minimum Gasteiger partial charge on any atom is -0.450 e. The van der Waals surface area contributed by atoms with Crippen LogP contribution in [0, 0.1) is 5.82 Å². The first-order valence-corrected chi connectivity index (χ1v) is 12.6. The average molecular weight is 527 g/mol. The van der Waals surface area contributed by atoms with Gasteiger partial charge in [-0.05, 0) is 38.4 Å². The van der Waals surface area contributed by atoms with Crippen molar-refractivity contribution in [1.29, 1.82) is 0 Å². The fraction of sp³-hybridized carbons (Fsp3) is 0.370. The Morgan fingerprint density at radius 2 is 1.92 bits per heavy atom. The normalized spacial score (nSPS) is 16.4. The van der Waals surface area contributed by atoms with Crippen LogP contribution in [0.2, 0.25) is 5.02 Å². The van der Waals surface area contributed by atoms with E-state index in [1.165, 1.54) is 12.1 Å². The maximum atomic E-state index is 13.7. The van der Waals surface area contributed by atoms with E-state index in [-0.39, 0.29) is 23.9 Å². The van der Waals surface area contributed by atoms with E-state index >= 15 is 0 Å². The molecular weight excluding hydrogens is 499 g/mol. The SMILES string of the molecule is CN(C)CCNC(=O)Cn1cc(C(=O)N2CCC3(CC2)OC(=O)c2cc(F)ccc23)c2ccc(Cl)cc21. The monoisotopic (exact) mass is 526 g/mol. The highest BCUT2D eigenvalue weighted by Crippen LogP contribution is 2.44. The number of esters is 1. The molecule has 3 heterocycles. The van der Waals surface area contributed by atoms with Crippen LogP contribution < -0.4 is 5.32 Å². The third-order valence-corrected chi connectivity index (χ3v) is 7.34. The number of nitrogens with one attached hydrogen (secondary N) is 1. The lowest BCUT2D eigenvalue weighted by molar-refractivity contribution is -0.121. The Labute approximate surface area is 218 Å². The van der Waals surface area contributed by atoms with Crippen LogP contribution >= 0.6 is 11.6 Å². The summed E-state index contributed by atoms with van der Waals surface area (Å²) in [6.07, 6.45) is 2.54. The second kappa shape index (κ2) is 9.79. The smallest absolute Gasteiger partial charge is 0.339 e. The Kier molecular flexibility index (Phi) is 6.68. The minimum absolute atomic E-state index is 0.0595. The molecule has 0 unspecified atom stereocenters. The zero-order valence-electron chi connectivity index (χ0n) is 20.7. The molecule has 3 aromatic rings. The van der Waals surface area contributed by atoms with Crippen molar-refractivity contribution in [2.24, 2.45) is 0 Å². The third-order valence-electron chi connectivity index (χ3n) is 7.11. The first-order valence-electron chi connectivity index (χ1n) is 12.2. The molecule has 0 atom stereocenters. The summed E-state index contributed by atoms with van der Waals surface area (Å²) < 4.78 is 21.1. The number of aromatic nitrogens is 1. The van der Waals surface area contributed by atoms with E-state index in [4.69, 9.17) is 16.3 Å². The molecule has 1 saturated heterocycles. The van der Waals surface area contributed by atoms with Crippen molar-refractivity contribution in [3.8, 4) is 0 Å². The van der Waals surface area contributed by atoms with Crippen molar-refractivity contribution in [3.63, 3.8) is 0 Å². The summed E-state index contributed by atoms with van der Waals surface area (Å²) in [5.74, 6) is -1.34. The fourth-order valence-electron chi connectivity index (χ4n) is 5.18. The topological polar surface area (TPSA) is 83.9 Å². The lowest BCUT2D eigenvalue weighted by Crippen LogP contribution is -2.45. The van der Waals surface area contributed by atoms with E-state index in [2.05, 4.69) is 5.32 Å². The lowest BCUT2D eigenvalue weighted by Gasteiger charge is -2.38. The predicted octanol–water partition coefficient (Wildman–Crippen LogP) is 3.41. The van der Waals surface area contributed by atoms with Crippen LogP contribution in [-0.2, 0) is 21.7 Å². The van der Waals surface area contributed by atoms with Crippen LogP contribution in [0.15, 0.2) is 42.6 Å². The van der Waals surface area contributed by atoms with Gasteiger partial charge in [0.1, 0.15) is 18.0 Å². The van der Waals surface area contributed by atoms with Gasteiger partial charge < -0.3 is 24.4 Å². The Balaban J connectivity index is 1.35. The Morgan fingerprint density at radius 3 is 2.65 bits per heavy atom. The van der Waals surface area contributed by atoms with Gasteiger partial charge in [-0.2, -0.15) is 0 Å². The summed E-state index contributed by atoms with van der Waals surface area (Å²) in [5, 5.41) is 4.11. The number of carbonyl (C=O) groups is 3. The van der Waals surface area contributed by atoms with Crippen LogP contribution in [0.25, 0.3) is 10.9 Å². The zero-order valence-corrected chi connectivity index (χ0v) is 21.5. The molecule has 1 N–H and O–H groups in total. The minimum atomic E-state index is -0.844. The lowest BCUT2D eigenvalue weighted by atomic mass is 9.83. The number of rotatable bonds is 6. The Hall–Kier alpha value is -3.43. The number of ether oxygens (including phenoxy) is 1. The quantitative estimate of drug-likeness (QED) is 0.498. The van der Waals surface area contributed by atoms with Crippen LogP contribution in [0.4, 0.5) is 4.39 Å². The van der Waals surface area contributed by atoms with Gasteiger partial charge in [0.2, 0.25) is 5.91 Å². The molecule has 8 nitrogen and oxygen atoms in total. The Morgan fingerprint density at radius 1 is 1.16 bits per heavy atom. The summed E-state index contributed by atoms with van der Waals surface area (Å²) >= 11 is 6.24. The van der Waals surface area contributed by atoms with Gasteiger partial charge in [-0.25, -0.2) is 9.18 Å². The van der Waals surface area contributed by atoms with Gasteiger partial charge in [-0.15, -0.1) is 0 Å². The van der Waals surface area contributed by atoms with Gasteiger partial charge in [-0.1, -0.05) is 23.7 Å². The number of carbonyl (C=O) groups excluding carboxylic acids is 3. The molecule has 1 aromatic heterocycles. The molecule has 2 amide bonds. The molecular formula is C27H28ClFN4O4. The number of halogens is 2. The average Bonchev–Trinajstić information content (AvgIpc) is 3.33. The van der Waals surface area contributed by atoms with E-state index in [0.717, 1.165) is 6.54 Å². The zero-order chi connectivity index (χ0) is 26.3. The number of piperidine rings is 1. The molecule has 0 bridgehead atoms. The molecule has 2 aliphatic heterocycles. The molecule has 2 aliphatic rings. The van der Waals surface area contributed by atoms with Crippen LogP contribution in [-0.4, -0.2) is 72.4 Å². The number of likely N-dealkylation sites (tertiary alicyclic amines) is 1. The molecule has 10 heteroatoms. The fourth-order valence-corrected chi connectivity index (χ4v) is 5.35. The van der Waals surface area contributed by atoms with Gasteiger partial charge in [-0.3, -0.25) is 9.59 Å². The van der Waals surface area contributed by atoms with Crippen LogP contribution in [0.1, 0.15) is 39.1 Å². The number of benzene rings is 2. The van der Waals surface area contributed by atoms with E-state index in [0.29, 0.717) is 59.5 Å². The first kappa shape index (κ1) is 25.2. The molecule has 194 valence electrons. The molecule has 37 heavy (non-hydrogen) atoms. The van der Waals surface area contributed by atoms with E-state index in [1.807, 2.05) is 19.0 Å². The van der Waals surface area contributed by atoms with E-state index in [1.54, 1.807) is 39.9 Å². The summed E-state index contributed by atoms with van der Waals surface area (Å²) in [6.45, 7) is 2.04. The third kappa shape index (κ3) is 4.81. The number of nitrogens with zero attached hydrogens (tertiary/aromatic N) is 3. The van der Waals surface area contributed by atoms with Crippen molar-refractivity contribution >= 4 is 40.3 Å². The molecule has 0 aliphatic carbocycles. The van der Waals surface area contributed by atoms with Gasteiger partial charge in [0.05, 0.1) is 16.6 Å². The highest BCUT2D eigenvalue weighted by Gasteiger charge is 2.48. The van der Waals surface area contributed by atoms with Gasteiger partial charge in [0, 0.05) is 61.2 Å². The predicted molar refractivity (Wildman–Crippen MR) is 137 cm³/mol. The molecule has 2 aromatic carbocycles. The van der Waals surface area contributed by atoms with E-state index in [9.17, 15) is 18.8 Å². The number of likely N-dealkylation sites (N-methyl/N-ethyl adjacent to an activating group) is 1. The summed E-state index contributed by atoms with van der Waals surface area (Å²) in [4.78, 5) is 42.3. The van der Waals surface area contributed by atoms with Crippen LogP contribution in [0.3, 0.4) is 0 Å². The summed E-state index contributed by atoms with van der Waals surface area (Å²) in [7, 11) is 3.87.